The van der Waals surface area contributed by atoms with Crippen molar-refractivity contribution in [3.05, 3.63) is 71.7 Å². The standard InChI is InChI=1S/C21H20N2OS/c1-25-15-8-9-18-14(11-15)5-4-10-21(18,24)20-17-7-3-2-6-16(17)19-12-22-13-23(19)20/h2-3,6-9,11-13,20,24H,4-5,10H2,1H3. The minimum atomic E-state index is -0.896. The van der Waals surface area contributed by atoms with Crippen molar-refractivity contribution in [1.29, 1.82) is 0 Å². The Morgan fingerprint density at radius 2 is 2.12 bits per heavy atom. The smallest absolute Gasteiger partial charge is 0.115 e. The van der Waals surface area contributed by atoms with Crippen LogP contribution in [0.15, 0.2) is 59.9 Å². The topological polar surface area (TPSA) is 38.1 Å². The number of rotatable bonds is 2. The summed E-state index contributed by atoms with van der Waals surface area (Å²) in [7, 11) is 0. The molecule has 0 spiro atoms. The number of thioether (sulfide) groups is 1. The second kappa shape index (κ2) is 5.48. The van der Waals surface area contributed by atoms with Gasteiger partial charge in [-0.3, -0.25) is 0 Å². The average molecular weight is 348 g/mol. The lowest BCUT2D eigenvalue weighted by Crippen LogP contribution is -2.39. The Kier molecular flexibility index (Phi) is 3.34. The quantitative estimate of drug-likeness (QED) is 0.698. The molecule has 5 rings (SSSR count). The van der Waals surface area contributed by atoms with Crippen molar-refractivity contribution in [2.45, 2.75) is 35.8 Å². The lowest BCUT2D eigenvalue weighted by molar-refractivity contribution is -0.0168. The van der Waals surface area contributed by atoms with E-state index < -0.39 is 5.60 Å². The summed E-state index contributed by atoms with van der Waals surface area (Å²) in [6.07, 6.45) is 8.68. The maximum Gasteiger partial charge on any atom is 0.115 e. The number of aliphatic hydroxyl groups is 1. The van der Waals surface area contributed by atoms with Crippen molar-refractivity contribution in [3.8, 4) is 11.3 Å². The monoisotopic (exact) mass is 348 g/mol. The highest BCUT2D eigenvalue weighted by Gasteiger charge is 2.47. The number of hydrogen-bond donors (Lipinski definition) is 1. The van der Waals surface area contributed by atoms with Crippen LogP contribution < -0.4 is 0 Å². The molecule has 1 aliphatic carbocycles. The molecule has 2 aliphatic rings. The fourth-order valence-electron chi connectivity index (χ4n) is 4.62. The number of aryl methyl sites for hydroxylation is 1. The van der Waals surface area contributed by atoms with Gasteiger partial charge in [-0.2, -0.15) is 0 Å². The van der Waals surface area contributed by atoms with Crippen molar-refractivity contribution < 1.29 is 5.11 Å². The second-order valence-corrected chi connectivity index (χ2v) is 7.86. The van der Waals surface area contributed by atoms with Crippen molar-refractivity contribution in [2.24, 2.45) is 0 Å². The van der Waals surface area contributed by atoms with Crippen molar-refractivity contribution in [3.63, 3.8) is 0 Å². The zero-order valence-corrected chi connectivity index (χ0v) is 15.0. The number of benzene rings is 2. The molecule has 0 radical (unpaired) electrons. The maximum absolute atomic E-state index is 11.9. The molecule has 0 saturated carbocycles. The Bertz CT molecular complexity index is 964. The van der Waals surface area contributed by atoms with Gasteiger partial charge < -0.3 is 9.67 Å². The fraction of sp³-hybridized carbons (Fsp3) is 0.286. The summed E-state index contributed by atoms with van der Waals surface area (Å²) in [4.78, 5) is 5.61. The first-order chi connectivity index (χ1) is 12.2. The van der Waals surface area contributed by atoms with Gasteiger partial charge in [0, 0.05) is 10.5 Å². The molecule has 2 unspecified atom stereocenters. The summed E-state index contributed by atoms with van der Waals surface area (Å²) in [6.45, 7) is 0. The maximum atomic E-state index is 11.9. The molecule has 3 nitrogen and oxygen atoms in total. The van der Waals surface area contributed by atoms with Crippen LogP contribution in [0.4, 0.5) is 0 Å². The number of hydrogen-bond acceptors (Lipinski definition) is 3. The Labute approximate surface area is 151 Å². The van der Waals surface area contributed by atoms with E-state index in [-0.39, 0.29) is 6.04 Å². The molecular weight excluding hydrogens is 328 g/mol. The van der Waals surface area contributed by atoms with E-state index in [4.69, 9.17) is 0 Å². The van der Waals surface area contributed by atoms with Gasteiger partial charge in [0.2, 0.25) is 0 Å². The zero-order chi connectivity index (χ0) is 17.0. The van der Waals surface area contributed by atoms with Crippen molar-refractivity contribution in [2.75, 3.05) is 6.26 Å². The van der Waals surface area contributed by atoms with E-state index in [1.165, 1.54) is 21.6 Å². The fourth-order valence-corrected chi connectivity index (χ4v) is 5.08. The highest BCUT2D eigenvalue weighted by atomic mass is 32.2. The predicted octanol–water partition coefficient (Wildman–Crippen LogP) is 4.40. The second-order valence-electron chi connectivity index (χ2n) is 6.98. The molecule has 0 saturated heterocycles. The molecule has 126 valence electrons. The molecule has 2 atom stereocenters. The van der Waals surface area contributed by atoms with E-state index in [1.54, 1.807) is 11.8 Å². The Morgan fingerprint density at radius 3 is 3.00 bits per heavy atom. The first kappa shape index (κ1) is 15.2. The van der Waals surface area contributed by atoms with E-state index in [9.17, 15) is 5.11 Å². The molecule has 2 heterocycles. The van der Waals surface area contributed by atoms with E-state index in [0.29, 0.717) is 0 Å². The third-order valence-electron chi connectivity index (χ3n) is 5.71. The molecular formula is C21H20N2OS. The Morgan fingerprint density at radius 1 is 1.24 bits per heavy atom. The van der Waals surface area contributed by atoms with Gasteiger partial charge in [0.1, 0.15) is 5.60 Å². The van der Waals surface area contributed by atoms with Gasteiger partial charge in [-0.1, -0.05) is 30.3 Å². The van der Waals surface area contributed by atoms with Crippen LogP contribution in [0, 0.1) is 0 Å². The highest BCUT2D eigenvalue weighted by molar-refractivity contribution is 7.98. The molecule has 2 aromatic carbocycles. The average Bonchev–Trinajstić information content (AvgIpc) is 3.22. The minimum Gasteiger partial charge on any atom is -0.383 e. The van der Waals surface area contributed by atoms with Crippen LogP contribution in [-0.2, 0) is 12.0 Å². The summed E-state index contributed by atoms with van der Waals surface area (Å²) < 4.78 is 2.16. The molecule has 25 heavy (non-hydrogen) atoms. The molecule has 1 aromatic heterocycles. The summed E-state index contributed by atoms with van der Waals surface area (Å²) in [5.41, 5.74) is 4.95. The number of imidazole rings is 1. The van der Waals surface area contributed by atoms with Gasteiger partial charge in [0.15, 0.2) is 0 Å². The van der Waals surface area contributed by atoms with Crippen LogP contribution >= 0.6 is 11.8 Å². The van der Waals surface area contributed by atoms with E-state index >= 15 is 0 Å². The third kappa shape index (κ3) is 2.07. The SMILES string of the molecule is CSc1ccc2c(c1)CCCC2(O)C1c2ccccc2-c2cncn21. The first-order valence-corrected chi connectivity index (χ1v) is 9.96. The lowest BCUT2D eigenvalue weighted by atomic mass is 9.73. The normalized spacial score (nSPS) is 23.8. The molecule has 1 aliphatic heterocycles. The summed E-state index contributed by atoms with van der Waals surface area (Å²) in [5, 5.41) is 11.9. The van der Waals surface area contributed by atoms with Crippen LogP contribution in [0.1, 0.15) is 35.6 Å². The molecule has 1 N–H and O–H groups in total. The van der Waals surface area contributed by atoms with Gasteiger partial charge >= 0.3 is 0 Å². The largest absolute Gasteiger partial charge is 0.383 e. The van der Waals surface area contributed by atoms with E-state index in [1.807, 2.05) is 12.5 Å². The predicted molar refractivity (Wildman–Crippen MR) is 101 cm³/mol. The Hall–Kier alpha value is -2.04. The summed E-state index contributed by atoms with van der Waals surface area (Å²) in [5.74, 6) is 0. The first-order valence-electron chi connectivity index (χ1n) is 8.73. The molecule has 4 heteroatoms. The number of fused-ring (bicyclic) bond motifs is 4. The van der Waals surface area contributed by atoms with Gasteiger partial charge in [-0.15, -0.1) is 11.8 Å². The zero-order valence-electron chi connectivity index (χ0n) is 14.1. The number of nitrogens with zero attached hydrogens (tertiary/aromatic N) is 2. The van der Waals surface area contributed by atoms with Gasteiger partial charge in [-0.05, 0) is 54.3 Å². The number of aromatic nitrogens is 2. The summed E-state index contributed by atoms with van der Waals surface area (Å²) >= 11 is 1.76. The van der Waals surface area contributed by atoms with Gasteiger partial charge in [-0.25, -0.2) is 4.98 Å². The minimum absolute atomic E-state index is 0.111. The van der Waals surface area contributed by atoms with Gasteiger partial charge in [0.05, 0.1) is 24.3 Å². The molecule has 0 bridgehead atoms. The Balaban J connectivity index is 1.72. The van der Waals surface area contributed by atoms with Crippen molar-refractivity contribution >= 4 is 11.8 Å². The van der Waals surface area contributed by atoms with E-state index in [2.05, 4.69) is 58.3 Å². The lowest BCUT2D eigenvalue weighted by Gasteiger charge is -2.40. The summed E-state index contributed by atoms with van der Waals surface area (Å²) in [6, 6.07) is 14.8. The van der Waals surface area contributed by atoms with Crippen LogP contribution in [0.25, 0.3) is 11.3 Å². The van der Waals surface area contributed by atoms with Gasteiger partial charge in [0.25, 0.3) is 0 Å². The molecule has 0 amide bonds. The van der Waals surface area contributed by atoms with Crippen molar-refractivity contribution in [1.82, 2.24) is 9.55 Å². The van der Waals surface area contributed by atoms with Crippen LogP contribution in [0.2, 0.25) is 0 Å². The highest BCUT2D eigenvalue weighted by Crippen LogP contribution is 2.52. The van der Waals surface area contributed by atoms with Crippen LogP contribution in [-0.4, -0.2) is 20.9 Å². The molecule has 3 aromatic rings. The van der Waals surface area contributed by atoms with Crippen LogP contribution in [0.5, 0.6) is 0 Å². The third-order valence-corrected chi connectivity index (χ3v) is 6.44. The molecule has 0 fully saturated rings. The van der Waals surface area contributed by atoms with Crippen LogP contribution in [0.3, 0.4) is 0 Å². The van der Waals surface area contributed by atoms with E-state index in [0.717, 1.165) is 30.5 Å².